The van der Waals surface area contributed by atoms with E-state index < -0.39 is 0 Å². The molecule has 1 amide bonds. The van der Waals surface area contributed by atoms with E-state index in [2.05, 4.69) is 62.7 Å². The lowest BCUT2D eigenvalue weighted by molar-refractivity contribution is -0.139. The quantitative estimate of drug-likeness (QED) is 0.743. The fourth-order valence-corrected chi connectivity index (χ4v) is 3.70. The summed E-state index contributed by atoms with van der Waals surface area (Å²) < 4.78 is 6.68. The Morgan fingerprint density at radius 1 is 1.26 bits per heavy atom. The van der Waals surface area contributed by atoms with Crippen molar-refractivity contribution >= 4 is 21.8 Å². The number of likely N-dealkylation sites (tertiary alicyclic amines) is 1. The second kappa shape index (κ2) is 7.25. The zero-order valence-corrected chi connectivity index (χ0v) is 16.4. The number of carbonyl (C=O) groups excluding carboxylic acids is 1. The van der Waals surface area contributed by atoms with E-state index in [0.717, 1.165) is 23.1 Å². The smallest absolute Gasteiger partial charge is 0.260 e. The van der Waals surface area contributed by atoms with Crippen molar-refractivity contribution in [2.75, 3.05) is 6.61 Å². The highest BCUT2D eigenvalue weighted by atomic mass is 79.9. The van der Waals surface area contributed by atoms with Gasteiger partial charge in [0.2, 0.25) is 0 Å². The summed E-state index contributed by atoms with van der Waals surface area (Å²) >= 11 is 3.56. The molecule has 1 heterocycles. The molecular formula is C19H28BrNO2. The SMILES string of the molecule is C[C@H]1CCC[C@H](C)N1C(=O)COc1ccc(C(C)(C)C)cc1Br. The summed E-state index contributed by atoms with van der Waals surface area (Å²) in [6.45, 7) is 10.9. The molecular weight excluding hydrogens is 354 g/mol. The van der Waals surface area contributed by atoms with Gasteiger partial charge in [-0.15, -0.1) is 0 Å². The monoisotopic (exact) mass is 381 g/mol. The second-order valence-electron chi connectivity index (χ2n) is 7.61. The molecule has 1 aliphatic heterocycles. The molecule has 1 fully saturated rings. The van der Waals surface area contributed by atoms with E-state index in [-0.39, 0.29) is 17.9 Å². The van der Waals surface area contributed by atoms with Gasteiger partial charge >= 0.3 is 0 Å². The van der Waals surface area contributed by atoms with Crippen LogP contribution in [-0.2, 0) is 10.2 Å². The van der Waals surface area contributed by atoms with Crippen molar-refractivity contribution in [2.45, 2.75) is 71.4 Å². The lowest BCUT2D eigenvalue weighted by Gasteiger charge is -2.39. The Kier molecular flexibility index (Phi) is 5.77. The molecule has 1 aromatic rings. The molecule has 128 valence electrons. The fourth-order valence-electron chi connectivity index (χ4n) is 3.21. The molecule has 2 atom stereocenters. The van der Waals surface area contributed by atoms with Crippen molar-refractivity contribution in [2.24, 2.45) is 0 Å². The topological polar surface area (TPSA) is 29.5 Å². The summed E-state index contributed by atoms with van der Waals surface area (Å²) in [5.74, 6) is 0.806. The second-order valence-corrected chi connectivity index (χ2v) is 8.47. The van der Waals surface area contributed by atoms with E-state index in [9.17, 15) is 4.79 Å². The van der Waals surface area contributed by atoms with Crippen LogP contribution in [0.15, 0.2) is 22.7 Å². The van der Waals surface area contributed by atoms with Gasteiger partial charge in [-0.1, -0.05) is 26.8 Å². The number of rotatable bonds is 3. The van der Waals surface area contributed by atoms with Gasteiger partial charge < -0.3 is 9.64 Å². The molecule has 0 radical (unpaired) electrons. The number of nitrogens with zero attached hydrogens (tertiary/aromatic N) is 1. The first kappa shape index (κ1) is 18.3. The lowest BCUT2D eigenvalue weighted by Crippen LogP contribution is -2.49. The van der Waals surface area contributed by atoms with E-state index in [0.29, 0.717) is 12.1 Å². The summed E-state index contributed by atoms with van der Waals surface area (Å²) in [4.78, 5) is 14.5. The number of hydrogen-bond donors (Lipinski definition) is 0. The van der Waals surface area contributed by atoms with Gasteiger partial charge in [0.15, 0.2) is 6.61 Å². The van der Waals surface area contributed by atoms with Crippen molar-refractivity contribution in [3.63, 3.8) is 0 Å². The molecule has 3 nitrogen and oxygen atoms in total. The zero-order chi connectivity index (χ0) is 17.2. The maximum absolute atomic E-state index is 12.5. The maximum Gasteiger partial charge on any atom is 0.260 e. The Labute approximate surface area is 148 Å². The first-order valence-electron chi connectivity index (χ1n) is 8.44. The van der Waals surface area contributed by atoms with Crippen molar-refractivity contribution in [1.82, 2.24) is 4.90 Å². The number of halogens is 1. The molecule has 0 saturated carbocycles. The Bertz CT molecular complexity index is 555. The van der Waals surface area contributed by atoms with Gasteiger partial charge in [-0.05, 0) is 72.2 Å². The number of benzene rings is 1. The molecule has 0 unspecified atom stereocenters. The Morgan fingerprint density at radius 2 is 1.87 bits per heavy atom. The Morgan fingerprint density at radius 3 is 2.39 bits per heavy atom. The largest absolute Gasteiger partial charge is 0.483 e. The molecule has 0 spiro atoms. The number of carbonyl (C=O) groups is 1. The van der Waals surface area contributed by atoms with Crippen LogP contribution in [0.25, 0.3) is 0 Å². The fraction of sp³-hybridized carbons (Fsp3) is 0.632. The predicted molar refractivity (Wildman–Crippen MR) is 98.0 cm³/mol. The van der Waals surface area contributed by atoms with Crippen LogP contribution in [0.2, 0.25) is 0 Å². The van der Waals surface area contributed by atoms with Gasteiger partial charge in [-0.25, -0.2) is 0 Å². The number of hydrogen-bond acceptors (Lipinski definition) is 2. The van der Waals surface area contributed by atoms with Crippen molar-refractivity contribution < 1.29 is 9.53 Å². The van der Waals surface area contributed by atoms with Crippen LogP contribution >= 0.6 is 15.9 Å². The third-order valence-electron chi connectivity index (χ3n) is 4.63. The van der Waals surface area contributed by atoms with Crippen LogP contribution in [0.1, 0.15) is 59.4 Å². The van der Waals surface area contributed by atoms with Gasteiger partial charge in [0.25, 0.3) is 5.91 Å². The zero-order valence-electron chi connectivity index (χ0n) is 14.9. The van der Waals surface area contributed by atoms with E-state index in [1.54, 1.807) is 0 Å². The average Bonchev–Trinajstić information content (AvgIpc) is 2.44. The summed E-state index contributed by atoms with van der Waals surface area (Å²) in [7, 11) is 0. The molecule has 2 rings (SSSR count). The van der Waals surface area contributed by atoms with Crippen molar-refractivity contribution in [1.29, 1.82) is 0 Å². The van der Waals surface area contributed by atoms with Gasteiger partial charge in [-0.2, -0.15) is 0 Å². The van der Waals surface area contributed by atoms with Crippen molar-refractivity contribution in [3.8, 4) is 5.75 Å². The van der Waals surface area contributed by atoms with Gasteiger partial charge in [0.1, 0.15) is 5.75 Å². The van der Waals surface area contributed by atoms with Gasteiger partial charge in [0, 0.05) is 12.1 Å². The Hall–Kier alpha value is -1.03. The van der Waals surface area contributed by atoms with Crippen molar-refractivity contribution in [3.05, 3.63) is 28.2 Å². The molecule has 0 aliphatic carbocycles. The van der Waals surface area contributed by atoms with E-state index >= 15 is 0 Å². The third-order valence-corrected chi connectivity index (χ3v) is 5.25. The highest BCUT2D eigenvalue weighted by Crippen LogP contribution is 2.31. The highest BCUT2D eigenvalue weighted by molar-refractivity contribution is 9.10. The Balaban J connectivity index is 2.02. The minimum Gasteiger partial charge on any atom is -0.483 e. The third kappa shape index (κ3) is 4.50. The molecule has 4 heteroatoms. The van der Waals surface area contributed by atoms with Crippen LogP contribution in [0.3, 0.4) is 0 Å². The predicted octanol–water partition coefficient (Wildman–Crippen LogP) is 4.91. The molecule has 0 N–H and O–H groups in total. The van der Waals surface area contributed by atoms with Crippen LogP contribution in [-0.4, -0.2) is 29.5 Å². The molecule has 23 heavy (non-hydrogen) atoms. The summed E-state index contributed by atoms with van der Waals surface area (Å²) in [5.41, 5.74) is 1.33. The van der Waals surface area contributed by atoms with Gasteiger partial charge in [-0.3, -0.25) is 4.79 Å². The van der Waals surface area contributed by atoms with Gasteiger partial charge in [0.05, 0.1) is 4.47 Å². The average molecular weight is 382 g/mol. The molecule has 1 aliphatic rings. The van der Waals surface area contributed by atoms with Crippen LogP contribution in [0.5, 0.6) is 5.75 Å². The molecule has 1 aromatic carbocycles. The lowest BCUT2D eigenvalue weighted by atomic mass is 9.87. The summed E-state index contributed by atoms with van der Waals surface area (Å²) in [6, 6.07) is 6.70. The number of piperidine rings is 1. The molecule has 0 aromatic heterocycles. The summed E-state index contributed by atoms with van der Waals surface area (Å²) in [6.07, 6.45) is 3.37. The first-order chi connectivity index (χ1) is 10.7. The standard InChI is InChI=1S/C19H28BrNO2/c1-13-7-6-8-14(2)21(13)18(22)12-23-17-10-9-15(11-16(17)20)19(3,4)5/h9-11,13-14H,6-8,12H2,1-5H3/t13-,14-/m0/s1. The highest BCUT2D eigenvalue weighted by Gasteiger charge is 2.29. The summed E-state index contributed by atoms with van der Waals surface area (Å²) in [5, 5.41) is 0. The minimum atomic E-state index is 0.0801. The molecule has 0 bridgehead atoms. The minimum absolute atomic E-state index is 0.0801. The van der Waals surface area contributed by atoms with Crippen LogP contribution in [0.4, 0.5) is 0 Å². The van der Waals surface area contributed by atoms with E-state index in [1.807, 2.05) is 11.0 Å². The van der Waals surface area contributed by atoms with E-state index in [4.69, 9.17) is 4.74 Å². The normalized spacial score (nSPS) is 22.1. The maximum atomic E-state index is 12.5. The number of amides is 1. The van der Waals surface area contributed by atoms with Crippen LogP contribution in [0, 0.1) is 0 Å². The van der Waals surface area contributed by atoms with Crippen LogP contribution < -0.4 is 4.74 Å². The molecule has 1 saturated heterocycles. The number of ether oxygens (including phenoxy) is 1. The first-order valence-corrected chi connectivity index (χ1v) is 9.23. The van der Waals surface area contributed by atoms with E-state index in [1.165, 1.54) is 12.0 Å².